The van der Waals surface area contributed by atoms with Crippen molar-refractivity contribution in [1.29, 1.82) is 0 Å². The van der Waals surface area contributed by atoms with Crippen LogP contribution in [0, 0.1) is 0 Å². The van der Waals surface area contributed by atoms with Gasteiger partial charge in [0.2, 0.25) is 0 Å². The third-order valence-corrected chi connectivity index (χ3v) is 2.39. The van der Waals surface area contributed by atoms with Crippen LogP contribution >= 0.6 is 0 Å². The highest BCUT2D eigenvalue weighted by Crippen LogP contribution is 2.19. The van der Waals surface area contributed by atoms with E-state index in [2.05, 4.69) is 15.3 Å². The molecule has 6 heteroatoms. The van der Waals surface area contributed by atoms with E-state index in [0.717, 1.165) is 0 Å². The first-order valence-corrected chi connectivity index (χ1v) is 4.80. The topological polar surface area (TPSA) is 93.3 Å². The van der Waals surface area contributed by atoms with Crippen LogP contribution in [0.15, 0.2) is 12.4 Å². The lowest BCUT2D eigenvalue weighted by Crippen LogP contribution is -2.37. The van der Waals surface area contributed by atoms with Gasteiger partial charge in [-0.15, -0.1) is 0 Å². The molecule has 6 nitrogen and oxygen atoms in total. The number of aliphatic hydroxyl groups is 1. The highest BCUT2D eigenvalue weighted by atomic mass is 16.5. The molecule has 0 bridgehead atoms. The Kier molecular flexibility index (Phi) is 2.70. The normalized spacial score (nSPS) is 25.4. The summed E-state index contributed by atoms with van der Waals surface area (Å²) in [7, 11) is 0. The Morgan fingerprint density at radius 2 is 2.33 bits per heavy atom. The van der Waals surface area contributed by atoms with Gasteiger partial charge in [-0.3, -0.25) is 0 Å². The summed E-state index contributed by atoms with van der Waals surface area (Å²) in [5, 5.41) is 12.9. The quantitative estimate of drug-likeness (QED) is 0.630. The van der Waals surface area contributed by atoms with Gasteiger partial charge >= 0.3 is 0 Å². The summed E-state index contributed by atoms with van der Waals surface area (Å²) in [6, 6.07) is 0. The Morgan fingerprint density at radius 3 is 3.00 bits per heavy atom. The van der Waals surface area contributed by atoms with Crippen molar-refractivity contribution in [3.63, 3.8) is 0 Å². The standard InChI is InChI=1S/C9H14N4O2/c10-7-8(12-3-2-11-7)13-5-9(14)1-4-15-6-9/h2-3,14H,1,4-6H2,(H2,10,11)(H,12,13). The van der Waals surface area contributed by atoms with Crippen molar-refractivity contribution in [2.24, 2.45) is 0 Å². The summed E-state index contributed by atoms with van der Waals surface area (Å²) < 4.78 is 5.12. The van der Waals surface area contributed by atoms with E-state index in [1.165, 1.54) is 6.20 Å². The van der Waals surface area contributed by atoms with Crippen LogP contribution in [0.1, 0.15) is 6.42 Å². The summed E-state index contributed by atoms with van der Waals surface area (Å²) in [5.41, 5.74) is 4.78. The molecule has 0 saturated carbocycles. The molecule has 0 aliphatic carbocycles. The van der Waals surface area contributed by atoms with E-state index in [-0.39, 0.29) is 0 Å². The van der Waals surface area contributed by atoms with Gasteiger partial charge in [-0.05, 0) is 0 Å². The zero-order valence-electron chi connectivity index (χ0n) is 8.31. The fraction of sp³-hybridized carbons (Fsp3) is 0.556. The van der Waals surface area contributed by atoms with Crippen LogP contribution in [0.5, 0.6) is 0 Å². The summed E-state index contributed by atoms with van der Waals surface area (Å²) in [4.78, 5) is 7.91. The van der Waals surface area contributed by atoms with Crippen molar-refractivity contribution in [2.45, 2.75) is 12.0 Å². The van der Waals surface area contributed by atoms with Gasteiger partial charge in [-0.2, -0.15) is 0 Å². The van der Waals surface area contributed by atoms with E-state index in [9.17, 15) is 5.11 Å². The molecule has 1 saturated heterocycles. The Labute approximate surface area is 87.5 Å². The average molecular weight is 210 g/mol. The molecule has 0 amide bonds. The first-order valence-electron chi connectivity index (χ1n) is 4.80. The third-order valence-electron chi connectivity index (χ3n) is 2.39. The van der Waals surface area contributed by atoms with E-state index in [0.29, 0.717) is 37.8 Å². The monoisotopic (exact) mass is 210 g/mol. The largest absolute Gasteiger partial charge is 0.386 e. The zero-order chi connectivity index (χ0) is 10.7. The fourth-order valence-electron chi connectivity index (χ4n) is 1.47. The molecular weight excluding hydrogens is 196 g/mol. The van der Waals surface area contributed by atoms with Crippen molar-refractivity contribution in [3.05, 3.63) is 12.4 Å². The summed E-state index contributed by atoms with van der Waals surface area (Å²) in [6.45, 7) is 1.31. The van der Waals surface area contributed by atoms with Gasteiger partial charge in [0, 0.05) is 32.0 Å². The Morgan fingerprint density at radius 1 is 1.53 bits per heavy atom. The summed E-state index contributed by atoms with van der Waals surface area (Å²) >= 11 is 0. The van der Waals surface area contributed by atoms with Crippen molar-refractivity contribution in [1.82, 2.24) is 9.97 Å². The van der Waals surface area contributed by atoms with Gasteiger partial charge in [0.15, 0.2) is 11.6 Å². The lowest BCUT2D eigenvalue weighted by Gasteiger charge is -2.21. The maximum Gasteiger partial charge on any atom is 0.169 e. The van der Waals surface area contributed by atoms with Gasteiger partial charge in [-0.25, -0.2) is 9.97 Å². The molecule has 1 aliphatic heterocycles. The van der Waals surface area contributed by atoms with Crippen LogP contribution in [0.3, 0.4) is 0 Å². The number of hydrogen-bond donors (Lipinski definition) is 3. The van der Waals surface area contributed by atoms with Crippen molar-refractivity contribution < 1.29 is 9.84 Å². The van der Waals surface area contributed by atoms with Crippen LogP contribution in [0.4, 0.5) is 11.6 Å². The second-order valence-corrected chi connectivity index (χ2v) is 3.67. The molecule has 1 aliphatic rings. The second kappa shape index (κ2) is 4.00. The predicted octanol–water partition coefficient (Wildman–Crippen LogP) is -0.378. The molecule has 0 aromatic carbocycles. The van der Waals surface area contributed by atoms with Gasteiger partial charge in [0.05, 0.1) is 6.61 Å². The van der Waals surface area contributed by atoms with E-state index in [4.69, 9.17) is 10.5 Å². The number of ether oxygens (including phenoxy) is 1. The first kappa shape index (κ1) is 10.1. The highest BCUT2D eigenvalue weighted by Gasteiger charge is 2.32. The summed E-state index contributed by atoms with van der Waals surface area (Å²) in [5.74, 6) is 0.831. The number of rotatable bonds is 3. The number of anilines is 2. The van der Waals surface area contributed by atoms with Crippen molar-refractivity contribution >= 4 is 11.6 Å². The molecule has 0 spiro atoms. The summed E-state index contributed by atoms with van der Waals surface area (Å²) in [6.07, 6.45) is 3.70. The molecule has 82 valence electrons. The minimum atomic E-state index is -0.816. The van der Waals surface area contributed by atoms with Gasteiger partial charge < -0.3 is 20.9 Å². The van der Waals surface area contributed by atoms with Crippen LogP contribution in [-0.4, -0.2) is 40.4 Å². The molecule has 0 radical (unpaired) electrons. The van der Waals surface area contributed by atoms with Crippen molar-refractivity contribution in [2.75, 3.05) is 30.8 Å². The number of nitrogens with one attached hydrogen (secondary N) is 1. The number of hydrogen-bond acceptors (Lipinski definition) is 6. The van der Waals surface area contributed by atoms with Gasteiger partial charge in [0.1, 0.15) is 5.60 Å². The predicted molar refractivity (Wildman–Crippen MR) is 55.3 cm³/mol. The molecule has 1 atom stereocenters. The minimum Gasteiger partial charge on any atom is -0.386 e. The molecule has 1 aromatic rings. The van der Waals surface area contributed by atoms with E-state index >= 15 is 0 Å². The van der Waals surface area contributed by atoms with Crippen LogP contribution < -0.4 is 11.1 Å². The van der Waals surface area contributed by atoms with Gasteiger partial charge in [0.25, 0.3) is 0 Å². The van der Waals surface area contributed by atoms with Gasteiger partial charge in [-0.1, -0.05) is 0 Å². The number of nitrogens with two attached hydrogens (primary N) is 1. The van der Waals surface area contributed by atoms with Crippen LogP contribution in [0.2, 0.25) is 0 Å². The van der Waals surface area contributed by atoms with Crippen molar-refractivity contribution in [3.8, 4) is 0 Å². The maximum atomic E-state index is 9.97. The molecule has 2 rings (SSSR count). The molecule has 15 heavy (non-hydrogen) atoms. The first-order chi connectivity index (χ1) is 7.20. The Hall–Kier alpha value is -1.40. The molecular formula is C9H14N4O2. The number of nitrogen functional groups attached to an aromatic ring is 1. The molecule has 1 unspecified atom stereocenters. The molecule has 1 fully saturated rings. The molecule has 1 aromatic heterocycles. The third kappa shape index (κ3) is 2.34. The van der Waals surface area contributed by atoms with E-state index < -0.39 is 5.60 Å². The average Bonchev–Trinajstić information content (AvgIpc) is 2.65. The highest BCUT2D eigenvalue weighted by molar-refractivity contribution is 5.55. The van der Waals surface area contributed by atoms with E-state index in [1.807, 2.05) is 0 Å². The van der Waals surface area contributed by atoms with E-state index in [1.54, 1.807) is 6.20 Å². The lowest BCUT2D eigenvalue weighted by atomic mass is 10.0. The zero-order valence-corrected chi connectivity index (χ0v) is 8.31. The molecule has 4 N–H and O–H groups in total. The Bertz CT molecular complexity index is 339. The van der Waals surface area contributed by atoms with Crippen LogP contribution in [0.25, 0.3) is 0 Å². The Balaban J connectivity index is 1.95. The number of aromatic nitrogens is 2. The lowest BCUT2D eigenvalue weighted by molar-refractivity contribution is 0.0381. The van der Waals surface area contributed by atoms with Crippen LogP contribution in [-0.2, 0) is 4.74 Å². The number of nitrogens with zero attached hydrogens (tertiary/aromatic N) is 2. The SMILES string of the molecule is Nc1nccnc1NCC1(O)CCOC1. The smallest absolute Gasteiger partial charge is 0.169 e. The second-order valence-electron chi connectivity index (χ2n) is 3.67. The minimum absolute atomic E-state index is 0.333. The fourth-order valence-corrected chi connectivity index (χ4v) is 1.47. The molecule has 2 heterocycles. The maximum absolute atomic E-state index is 9.97.